The Kier molecular flexibility index (Phi) is 1.82. The third kappa shape index (κ3) is 1.03. The van der Waals surface area contributed by atoms with E-state index in [1.54, 1.807) is 0 Å². The number of hydrogen-bond acceptors (Lipinski definition) is 2. The lowest BCUT2D eigenvalue weighted by molar-refractivity contribution is 0.405. The van der Waals surface area contributed by atoms with Gasteiger partial charge in [-0.1, -0.05) is 18.2 Å². The summed E-state index contributed by atoms with van der Waals surface area (Å²) in [5.41, 5.74) is 1.18. The summed E-state index contributed by atoms with van der Waals surface area (Å²) in [6, 6.07) is 7.82. The maximum atomic E-state index is 12.0. The molecule has 2 rings (SSSR count). The van der Waals surface area contributed by atoms with Crippen LogP contribution in [-0.2, 0) is 15.5 Å². The molecule has 0 saturated carbocycles. The van der Waals surface area contributed by atoms with Crippen LogP contribution in [0.1, 0.15) is 5.56 Å². The third-order valence-corrected chi connectivity index (χ3v) is 4.90. The van der Waals surface area contributed by atoms with Gasteiger partial charge in [-0.2, -0.15) is 0 Å². The van der Waals surface area contributed by atoms with E-state index in [1.165, 1.54) is 12.7 Å². The number of rotatable bonds is 1. The van der Waals surface area contributed by atoms with Gasteiger partial charge in [-0.05, 0) is 18.1 Å². The van der Waals surface area contributed by atoms with Crippen LogP contribution in [0.25, 0.3) is 0 Å². The second-order valence-electron chi connectivity index (χ2n) is 2.96. The summed E-state index contributed by atoms with van der Waals surface area (Å²) in [4.78, 5) is 0. The van der Waals surface area contributed by atoms with E-state index >= 15 is 0 Å². The van der Waals surface area contributed by atoms with Crippen molar-refractivity contribution in [3.05, 3.63) is 29.8 Å². The number of fused-ring (bicyclic) bond motifs is 1. The summed E-state index contributed by atoms with van der Waals surface area (Å²) in [5.74, 6) is 0. The quantitative estimate of drug-likeness (QED) is 0.619. The molecule has 0 bridgehead atoms. The Morgan fingerprint density at radius 2 is 2.17 bits per heavy atom. The maximum Gasteiger partial charge on any atom is 0.232 e. The predicted octanol–water partition coefficient (Wildman–Crippen LogP) is 1.79. The van der Waals surface area contributed by atoms with Crippen molar-refractivity contribution < 1.29 is 9.09 Å². The van der Waals surface area contributed by atoms with Crippen LogP contribution in [0.2, 0.25) is 0 Å². The summed E-state index contributed by atoms with van der Waals surface area (Å²) in [5, 5.41) is 0.924. The lowest BCUT2D eigenvalue weighted by Crippen LogP contribution is -2.03. The van der Waals surface area contributed by atoms with Gasteiger partial charge in [0.05, 0.1) is 0 Å². The highest BCUT2D eigenvalue weighted by atomic mass is 31.2. The van der Waals surface area contributed by atoms with E-state index in [1.807, 2.05) is 24.3 Å². The van der Waals surface area contributed by atoms with Gasteiger partial charge in [-0.3, -0.25) is 4.57 Å². The third-order valence-electron chi connectivity index (χ3n) is 2.33. The largest absolute Gasteiger partial charge is 0.329 e. The summed E-state index contributed by atoms with van der Waals surface area (Å²) in [7, 11) is -0.910. The van der Waals surface area contributed by atoms with Crippen molar-refractivity contribution in [1.29, 1.82) is 0 Å². The Morgan fingerprint density at radius 1 is 1.42 bits per heavy atom. The van der Waals surface area contributed by atoms with Crippen LogP contribution in [-0.4, -0.2) is 13.3 Å². The molecule has 1 heterocycles. The fourth-order valence-electron chi connectivity index (χ4n) is 1.63. The van der Waals surface area contributed by atoms with Crippen molar-refractivity contribution in [3.8, 4) is 0 Å². The zero-order valence-electron chi connectivity index (χ0n) is 6.99. The van der Waals surface area contributed by atoms with Crippen molar-refractivity contribution in [3.63, 3.8) is 0 Å². The average molecular weight is 182 g/mol. The molecule has 12 heavy (non-hydrogen) atoms. The van der Waals surface area contributed by atoms with Gasteiger partial charge in [0.25, 0.3) is 0 Å². The molecule has 1 aromatic carbocycles. The first-order valence-electron chi connectivity index (χ1n) is 3.99. The van der Waals surface area contributed by atoms with Crippen LogP contribution < -0.4 is 5.30 Å². The first-order valence-corrected chi connectivity index (χ1v) is 5.80. The minimum absolute atomic E-state index is 0.669. The molecule has 1 aliphatic rings. The Balaban J connectivity index is 2.56. The lowest BCUT2D eigenvalue weighted by Gasteiger charge is -2.08. The Morgan fingerprint density at radius 3 is 2.92 bits per heavy atom. The monoisotopic (exact) mass is 182 g/mol. The zero-order valence-corrected chi connectivity index (χ0v) is 7.88. The summed E-state index contributed by atoms with van der Waals surface area (Å²) < 4.78 is 17.1. The van der Waals surface area contributed by atoms with Crippen molar-refractivity contribution >= 4 is 12.7 Å². The number of aryl methyl sites for hydroxylation is 1. The van der Waals surface area contributed by atoms with E-state index in [-0.39, 0.29) is 0 Å². The molecule has 0 aliphatic carbocycles. The highest BCUT2D eigenvalue weighted by Gasteiger charge is 2.32. The molecule has 0 N–H and O–H groups in total. The van der Waals surface area contributed by atoms with Crippen LogP contribution in [0, 0.1) is 0 Å². The van der Waals surface area contributed by atoms with Crippen LogP contribution >= 0.6 is 7.37 Å². The fraction of sp³-hybridized carbons (Fsp3) is 0.333. The van der Waals surface area contributed by atoms with Crippen LogP contribution in [0.3, 0.4) is 0 Å². The first-order chi connectivity index (χ1) is 5.76. The first kappa shape index (κ1) is 8.03. The Labute approximate surface area is 72.0 Å². The minimum atomic E-state index is -2.44. The van der Waals surface area contributed by atoms with Gasteiger partial charge in [0.15, 0.2) is 0 Å². The van der Waals surface area contributed by atoms with Crippen LogP contribution in [0.4, 0.5) is 0 Å². The average Bonchev–Trinajstić information content (AvgIpc) is 2.46. The van der Waals surface area contributed by atoms with Crippen molar-refractivity contribution in [1.82, 2.24) is 0 Å². The molecular weight excluding hydrogens is 171 g/mol. The zero-order chi connectivity index (χ0) is 8.60. The molecule has 0 amide bonds. The van der Waals surface area contributed by atoms with Crippen molar-refractivity contribution in [2.24, 2.45) is 0 Å². The summed E-state index contributed by atoms with van der Waals surface area (Å²) in [6.45, 7) is 0. The molecule has 1 aliphatic heterocycles. The van der Waals surface area contributed by atoms with Gasteiger partial charge in [0, 0.05) is 18.6 Å². The minimum Gasteiger partial charge on any atom is -0.329 e. The van der Waals surface area contributed by atoms with Gasteiger partial charge in [0.1, 0.15) is 0 Å². The summed E-state index contributed by atoms with van der Waals surface area (Å²) in [6.07, 6.45) is 1.56. The molecule has 0 fully saturated rings. The van der Waals surface area contributed by atoms with Gasteiger partial charge < -0.3 is 4.52 Å². The normalized spacial score (nSPS) is 27.1. The molecule has 0 saturated heterocycles. The molecule has 1 aromatic rings. The molecule has 1 atom stereocenters. The van der Waals surface area contributed by atoms with Gasteiger partial charge in [0.2, 0.25) is 7.37 Å². The second kappa shape index (κ2) is 2.72. The predicted molar refractivity (Wildman–Crippen MR) is 49.3 cm³/mol. The molecular formula is C9H11O2P. The van der Waals surface area contributed by atoms with Crippen LogP contribution in [0.15, 0.2) is 24.3 Å². The fourth-order valence-corrected chi connectivity index (χ4v) is 3.72. The van der Waals surface area contributed by atoms with E-state index in [0.29, 0.717) is 6.16 Å². The van der Waals surface area contributed by atoms with E-state index < -0.39 is 7.37 Å². The number of benzene rings is 1. The standard InChI is InChI=1S/C9H11O2P/c1-11-12(10)7-6-8-4-2-3-5-9(8)12/h2-5H,6-7H2,1H3. The van der Waals surface area contributed by atoms with Crippen molar-refractivity contribution in [2.45, 2.75) is 6.42 Å². The molecule has 0 aromatic heterocycles. The molecule has 2 nitrogen and oxygen atoms in total. The molecule has 1 unspecified atom stereocenters. The van der Waals surface area contributed by atoms with E-state index in [2.05, 4.69) is 0 Å². The topological polar surface area (TPSA) is 26.3 Å². The molecule has 3 heteroatoms. The highest BCUT2D eigenvalue weighted by molar-refractivity contribution is 7.67. The van der Waals surface area contributed by atoms with Gasteiger partial charge >= 0.3 is 0 Å². The van der Waals surface area contributed by atoms with Crippen molar-refractivity contribution in [2.75, 3.05) is 13.3 Å². The summed E-state index contributed by atoms with van der Waals surface area (Å²) >= 11 is 0. The maximum absolute atomic E-state index is 12.0. The molecule has 0 radical (unpaired) electrons. The lowest BCUT2D eigenvalue weighted by atomic mass is 10.2. The van der Waals surface area contributed by atoms with E-state index in [4.69, 9.17) is 4.52 Å². The van der Waals surface area contributed by atoms with E-state index in [9.17, 15) is 4.57 Å². The number of hydrogen-bond donors (Lipinski definition) is 0. The highest BCUT2D eigenvalue weighted by Crippen LogP contribution is 2.50. The van der Waals surface area contributed by atoms with Gasteiger partial charge in [-0.15, -0.1) is 0 Å². The Bertz CT molecular complexity index is 346. The molecule has 0 spiro atoms. The van der Waals surface area contributed by atoms with Gasteiger partial charge in [-0.25, -0.2) is 0 Å². The SMILES string of the molecule is COP1(=O)CCc2ccccc21. The van der Waals surface area contributed by atoms with Crippen LogP contribution in [0.5, 0.6) is 0 Å². The Hall–Kier alpha value is -0.590. The second-order valence-corrected chi connectivity index (χ2v) is 5.60. The smallest absolute Gasteiger partial charge is 0.232 e. The molecule has 64 valence electrons. The van der Waals surface area contributed by atoms with E-state index in [0.717, 1.165) is 11.7 Å².